The van der Waals surface area contributed by atoms with Crippen LogP contribution in [0, 0.1) is 0 Å². The van der Waals surface area contributed by atoms with Crippen LogP contribution in [-0.4, -0.2) is 12.5 Å². The molecule has 0 aliphatic heterocycles. The highest BCUT2D eigenvalue weighted by atomic mass is 16.1. The Morgan fingerprint density at radius 2 is 1.73 bits per heavy atom. The smallest absolute Gasteiger partial charge is 0.246 e. The van der Waals surface area contributed by atoms with Gasteiger partial charge in [0.05, 0.1) is 0 Å². The Kier molecular flexibility index (Phi) is 9.24. The second-order valence-corrected chi connectivity index (χ2v) is 4.02. The fraction of sp³-hybridized carbons (Fsp3) is 0.769. The number of nitrogens with one attached hydrogen (secondary N) is 1. The van der Waals surface area contributed by atoms with E-state index in [0.29, 0.717) is 5.57 Å². The van der Waals surface area contributed by atoms with Crippen molar-refractivity contribution < 1.29 is 4.79 Å². The first-order valence-electron chi connectivity index (χ1n) is 6.18. The van der Waals surface area contributed by atoms with Gasteiger partial charge in [0, 0.05) is 12.1 Å². The lowest BCUT2D eigenvalue weighted by molar-refractivity contribution is -0.117. The Labute approximate surface area is 94.1 Å². The van der Waals surface area contributed by atoms with E-state index in [2.05, 4.69) is 25.7 Å². The van der Waals surface area contributed by atoms with E-state index in [9.17, 15) is 4.79 Å². The van der Waals surface area contributed by atoms with Gasteiger partial charge in [-0.15, -0.1) is 0 Å². The SMILES string of the molecule is C=C(CCC)C(=O)NCCCCCCC. The van der Waals surface area contributed by atoms with Crippen molar-refractivity contribution in [2.75, 3.05) is 6.54 Å². The number of amides is 1. The molecule has 2 heteroatoms. The molecule has 0 aliphatic rings. The lowest BCUT2D eigenvalue weighted by Gasteiger charge is -2.06. The van der Waals surface area contributed by atoms with Crippen LogP contribution in [0.2, 0.25) is 0 Å². The monoisotopic (exact) mass is 211 g/mol. The second kappa shape index (κ2) is 9.75. The summed E-state index contributed by atoms with van der Waals surface area (Å²) >= 11 is 0. The van der Waals surface area contributed by atoms with Gasteiger partial charge in [-0.25, -0.2) is 0 Å². The van der Waals surface area contributed by atoms with Crippen molar-refractivity contribution in [2.45, 2.75) is 58.8 Å². The van der Waals surface area contributed by atoms with Crippen LogP contribution in [0.15, 0.2) is 12.2 Å². The molecule has 0 saturated heterocycles. The molecule has 1 N–H and O–H groups in total. The van der Waals surface area contributed by atoms with Crippen molar-refractivity contribution in [3.05, 3.63) is 12.2 Å². The Morgan fingerprint density at radius 1 is 1.07 bits per heavy atom. The maximum Gasteiger partial charge on any atom is 0.246 e. The molecular weight excluding hydrogens is 186 g/mol. The van der Waals surface area contributed by atoms with Crippen molar-refractivity contribution in [3.8, 4) is 0 Å². The predicted molar refractivity (Wildman–Crippen MR) is 65.8 cm³/mol. The molecule has 15 heavy (non-hydrogen) atoms. The van der Waals surface area contributed by atoms with Crippen molar-refractivity contribution in [1.82, 2.24) is 5.32 Å². The summed E-state index contributed by atoms with van der Waals surface area (Å²) in [5.41, 5.74) is 0.714. The van der Waals surface area contributed by atoms with Gasteiger partial charge in [0.25, 0.3) is 0 Å². The van der Waals surface area contributed by atoms with E-state index in [4.69, 9.17) is 0 Å². The Hall–Kier alpha value is -0.790. The van der Waals surface area contributed by atoms with Gasteiger partial charge in [-0.05, 0) is 12.8 Å². The molecule has 0 aromatic rings. The minimum Gasteiger partial charge on any atom is -0.352 e. The molecule has 0 aromatic heterocycles. The Balaban J connectivity index is 3.35. The van der Waals surface area contributed by atoms with Crippen LogP contribution in [0.1, 0.15) is 58.8 Å². The van der Waals surface area contributed by atoms with E-state index in [1.165, 1.54) is 25.7 Å². The van der Waals surface area contributed by atoms with Gasteiger partial charge in [-0.3, -0.25) is 4.79 Å². The van der Waals surface area contributed by atoms with E-state index >= 15 is 0 Å². The first-order valence-corrected chi connectivity index (χ1v) is 6.18. The quantitative estimate of drug-likeness (QED) is 0.459. The third-order valence-corrected chi connectivity index (χ3v) is 2.44. The molecule has 0 spiro atoms. The van der Waals surface area contributed by atoms with Gasteiger partial charge in [0.1, 0.15) is 0 Å². The fourth-order valence-corrected chi connectivity index (χ4v) is 1.47. The first kappa shape index (κ1) is 14.2. The summed E-state index contributed by atoms with van der Waals surface area (Å²) < 4.78 is 0. The normalized spacial score (nSPS) is 10.0. The van der Waals surface area contributed by atoms with Crippen molar-refractivity contribution in [3.63, 3.8) is 0 Å². The minimum absolute atomic E-state index is 0.0346. The highest BCUT2D eigenvalue weighted by molar-refractivity contribution is 5.92. The van der Waals surface area contributed by atoms with Crippen LogP contribution in [0.4, 0.5) is 0 Å². The summed E-state index contributed by atoms with van der Waals surface area (Å²) in [7, 11) is 0. The van der Waals surface area contributed by atoms with Crippen molar-refractivity contribution >= 4 is 5.91 Å². The minimum atomic E-state index is 0.0346. The Morgan fingerprint density at radius 3 is 2.33 bits per heavy atom. The number of hydrogen-bond acceptors (Lipinski definition) is 1. The maximum absolute atomic E-state index is 11.4. The molecule has 0 fully saturated rings. The summed E-state index contributed by atoms with van der Waals surface area (Å²) in [6.45, 7) is 8.82. The number of unbranched alkanes of at least 4 members (excludes halogenated alkanes) is 4. The summed E-state index contributed by atoms with van der Waals surface area (Å²) in [6.07, 6.45) is 7.95. The molecule has 0 heterocycles. The lowest BCUT2D eigenvalue weighted by Crippen LogP contribution is -2.25. The number of carbonyl (C=O) groups is 1. The Bertz CT molecular complexity index is 187. The van der Waals surface area contributed by atoms with Gasteiger partial charge in [-0.2, -0.15) is 0 Å². The van der Waals surface area contributed by atoms with Crippen LogP contribution in [-0.2, 0) is 4.79 Å². The summed E-state index contributed by atoms with van der Waals surface area (Å²) in [5.74, 6) is 0.0346. The molecular formula is C13H25NO. The predicted octanol–water partition coefficient (Wildman–Crippen LogP) is 3.43. The van der Waals surface area contributed by atoms with E-state index < -0.39 is 0 Å². The van der Waals surface area contributed by atoms with Crippen molar-refractivity contribution in [2.24, 2.45) is 0 Å². The maximum atomic E-state index is 11.4. The molecule has 0 rings (SSSR count). The average molecular weight is 211 g/mol. The van der Waals surface area contributed by atoms with E-state index in [1.807, 2.05) is 0 Å². The zero-order valence-electron chi connectivity index (χ0n) is 10.3. The third-order valence-electron chi connectivity index (χ3n) is 2.44. The first-order chi connectivity index (χ1) is 7.22. The average Bonchev–Trinajstić information content (AvgIpc) is 2.23. The molecule has 0 saturated carbocycles. The molecule has 88 valence electrons. The molecule has 2 nitrogen and oxygen atoms in total. The van der Waals surface area contributed by atoms with Gasteiger partial charge in [0.2, 0.25) is 5.91 Å². The topological polar surface area (TPSA) is 29.1 Å². The fourth-order valence-electron chi connectivity index (χ4n) is 1.47. The van der Waals surface area contributed by atoms with Crippen LogP contribution in [0.5, 0.6) is 0 Å². The molecule has 0 aliphatic carbocycles. The molecule has 0 unspecified atom stereocenters. The zero-order chi connectivity index (χ0) is 11.5. The molecule has 1 amide bonds. The van der Waals surface area contributed by atoms with Gasteiger partial charge >= 0.3 is 0 Å². The summed E-state index contributed by atoms with van der Waals surface area (Å²) in [6, 6.07) is 0. The summed E-state index contributed by atoms with van der Waals surface area (Å²) in [5, 5.41) is 2.91. The highest BCUT2D eigenvalue weighted by Crippen LogP contribution is 2.03. The van der Waals surface area contributed by atoms with Gasteiger partial charge < -0.3 is 5.32 Å². The van der Waals surface area contributed by atoms with Crippen LogP contribution < -0.4 is 5.32 Å². The summed E-state index contributed by atoms with van der Waals surface area (Å²) in [4.78, 5) is 11.4. The van der Waals surface area contributed by atoms with E-state index in [1.54, 1.807) is 0 Å². The van der Waals surface area contributed by atoms with Gasteiger partial charge in [0.15, 0.2) is 0 Å². The number of hydrogen-bond donors (Lipinski definition) is 1. The third kappa shape index (κ3) is 8.22. The largest absolute Gasteiger partial charge is 0.352 e. The standard InChI is InChI=1S/C13H25NO/c1-4-6-7-8-9-11-14-13(15)12(3)10-5-2/h3-11H2,1-2H3,(H,14,15). The zero-order valence-corrected chi connectivity index (χ0v) is 10.3. The number of rotatable bonds is 9. The second-order valence-electron chi connectivity index (χ2n) is 4.02. The van der Waals surface area contributed by atoms with E-state index in [0.717, 1.165) is 25.8 Å². The van der Waals surface area contributed by atoms with E-state index in [-0.39, 0.29) is 5.91 Å². The highest BCUT2D eigenvalue weighted by Gasteiger charge is 2.03. The van der Waals surface area contributed by atoms with Crippen LogP contribution in [0.3, 0.4) is 0 Å². The lowest BCUT2D eigenvalue weighted by atomic mass is 10.1. The number of carbonyl (C=O) groups excluding carboxylic acids is 1. The molecule has 0 atom stereocenters. The molecule has 0 aromatic carbocycles. The van der Waals surface area contributed by atoms with Crippen molar-refractivity contribution in [1.29, 1.82) is 0 Å². The molecule has 0 bridgehead atoms. The molecule has 0 radical (unpaired) electrons. The van der Waals surface area contributed by atoms with Crippen LogP contribution in [0.25, 0.3) is 0 Å². The van der Waals surface area contributed by atoms with Crippen LogP contribution >= 0.6 is 0 Å². The van der Waals surface area contributed by atoms with Gasteiger partial charge in [-0.1, -0.05) is 52.5 Å².